The second-order valence-corrected chi connectivity index (χ2v) is 5.21. The molecule has 0 spiro atoms. The Kier molecular flexibility index (Phi) is 5.47. The largest absolute Gasteiger partial charge is 0.159 e. The van der Waals surface area contributed by atoms with E-state index in [-0.39, 0.29) is 0 Å². The summed E-state index contributed by atoms with van der Waals surface area (Å²) in [6.07, 6.45) is 5.61. The Bertz CT molecular complexity index is 791. The third-order valence-electron chi connectivity index (χ3n) is 3.49. The minimum Gasteiger partial charge on any atom is -0.159 e. The summed E-state index contributed by atoms with van der Waals surface area (Å²) < 4.78 is 0. The van der Waals surface area contributed by atoms with E-state index in [1.54, 1.807) is 6.21 Å². The molecule has 0 atom stereocenters. The van der Waals surface area contributed by atoms with Gasteiger partial charge >= 0.3 is 0 Å². The van der Waals surface area contributed by atoms with Crippen LogP contribution in [0, 0.1) is 0 Å². The van der Waals surface area contributed by atoms with Crippen LogP contribution in [-0.4, -0.2) is 11.9 Å². The lowest BCUT2D eigenvalue weighted by Gasteiger charge is -2.04. The van der Waals surface area contributed by atoms with E-state index < -0.39 is 0 Å². The van der Waals surface area contributed by atoms with Gasteiger partial charge in [-0.05, 0) is 11.6 Å². The van der Waals surface area contributed by atoms with Crippen LogP contribution in [0.25, 0.3) is 6.08 Å². The maximum Gasteiger partial charge on any atom is 0.100 e. The number of hydrogen-bond acceptors (Lipinski definition) is 2. The van der Waals surface area contributed by atoms with E-state index in [0.29, 0.717) is 0 Å². The molecule has 0 bridgehead atoms. The van der Waals surface area contributed by atoms with Gasteiger partial charge < -0.3 is 0 Å². The van der Waals surface area contributed by atoms with Gasteiger partial charge in [0.15, 0.2) is 0 Å². The van der Waals surface area contributed by atoms with Crippen molar-refractivity contribution < 1.29 is 0 Å². The van der Waals surface area contributed by atoms with Crippen molar-refractivity contribution in [3.05, 3.63) is 114 Å². The summed E-state index contributed by atoms with van der Waals surface area (Å²) in [5.74, 6) is 0. The summed E-state index contributed by atoms with van der Waals surface area (Å²) >= 11 is 0. The van der Waals surface area contributed by atoms with Gasteiger partial charge in [-0.2, -0.15) is 5.10 Å². The van der Waals surface area contributed by atoms with Gasteiger partial charge in [0.05, 0.1) is 0 Å². The van der Waals surface area contributed by atoms with Gasteiger partial charge in [0.2, 0.25) is 0 Å². The van der Waals surface area contributed by atoms with Crippen LogP contribution in [0.2, 0.25) is 0 Å². The quantitative estimate of drug-likeness (QED) is 0.456. The lowest BCUT2D eigenvalue weighted by Crippen LogP contribution is -2.02. The van der Waals surface area contributed by atoms with Crippen LogP contribution in [0.4, 0.5) is 0 Å². The fourth-order valence-electron chi connectivity index (χ4n) is 2.32. The van der Waals surface area contributed by atoms with Crippen molar-refractivity contribution in [2.75, 3.05) is 0 Å². The molecular weight excluding hydrogens is 292 g/mol. The van der Waals surface area contributed by atoms with Crippen molar-refractivity contribution in [3.63, 3.8) is 0 Å². The summed E-state index contributed by atoms with van der Waals surface area (Å²) in [5.41, 5.74) is 4.10. The van der Waals surface area contributed by atoms with E-state index in [9.17, 15) is 0 Å². The Morgan fingerprint density at radius 2 is 1.12 bits per heavy atom. The van der Waals surface area contributed by atoms with Gasteiger partial charge in [-0.3, -0.25) is 0 Å². The Hall–Kier alpha value is -3.26. The number of rotatable bonds is 5. The molecule has 0 amide bonds. The van der Waals surface area contributed by atoms with E-state index in [0.717, 1.165) is 22.4 Å². The summed E-state index contributed by atoms with van der Waals surface area (Å²) in [6, 6.07) is 30.3. The smallest absolute Gasteiger partial charge is 0.100 e. The highest BCUT2D eigenvalue weighted by atomic mass is 15.2. The van der Waals surface area contributed by atoms with Crippen LogP contribution in [0.5, 0.6) is 0 Å². The second kappa shape index (κ2) is 8.39. The molecule has 3 aromatic rings. The minimum atomic E-state index is 0.862. The van der Waals surface area contributed by atoms with Gasteiger partial charge in [-0.25, -0.2) is 0 Å². The van der Waals surface area contributed by atoms with Gasteiger partial charge in [0.1, 0.15) is 5.71 Å². The van der Waals surface area contributed by atoms with Crippen LogP contribution in [0.15, 0.2) is 107 Å². The first-order valence-electron chi connectivity index (χ1n) is 7.87. The maximum atomic E-state index is 4.43. The van der Waals surface area contributed by atoms with Crippen molar-refractivity contribution in [1.29, 1.82) is 0 Å². The van der Waals surface area contributed by atoms with Crippen LogP contribution in [-0.2, 0) is 0 Å². The molecule has 0 saturated carbocycles. The normalized spacial score (nSPS) is 11.0. The lowest BCUT2D eigenvalue weighted by molar-refractivity contribution is 1.25. The van der Waals surface area contributed by atoms with Crippen LogP contribution in [0.1, 0.15) is 16.7 Å². The molecule has 0 aromatic heterocycles. The lowest BCUT2D eigenvalue weighted by atomic mass is 10.0. The molecule has 0 unspecified atom stereocenters. The minimum absolute atomic E-state index is 0.862. The highest BCUT2D eigenvalue weighted by Gasteiger charge is 2.05. The first-order chi connectivity index (χ1) is 11.9. The molecule has 0 fully saturated rings. The maximum absolute atomic E-state index is 4.43. The zero-order valence-electron chi connectivity index (χ0n) is 13.3. The summed E-state index contributed by atoms with van der Waals surface area (Å²) in [4.78, 5) is 0. The van der Waals surface area contributed by atoms with E-state index in [1.807, 2.05) is 103 Å². The van der Waals surface area contributed by atoms with E-state index in [2.05, 4.69) is 10.2 Å². The Morgan fingerprint density at radius 1 is 0.625 bits per heavy atom. The zero-order valence-corrected chi connectivity index (χ0v) is 13.3. The molecule has 0 aliphatic rings. The van der Waals surface area contributed by atoms with Crippen LogP contribution < -0.4 is 0 Å². The Morgan fingerprint density at radius 3 is 1.67 bits per heavy atom. The van der Waals surface area contributed by atoms with E-state index >= 15 is 0 Å². The molecule has 0 N–H and O–H groups in total. The first kappa shape index (κ1) is 15.6. The molecule has 3 rings (SSSR count). The van der Waals surface area contributed by atoms with Crippen molar-refractivity contribution >= 4 is 18.0 Å². The first-order valence-corrected chi connectivity index (χ1v) is 7.87. The molecule has 0 saturated heterocycles. The molecule has 2 nitrogen and oxygen atoms in total. The predicted molar refractivity (Wildman–Crippen MR) is 102 cm³/mol. The third kappa shape index (κ3) is 4.37. The number of nitrogens with zero attached hydrogens (tertiary/aromatic N) is 2. The molecule has 3 aromatic carbocycles. The average molecular weight is 310 g/mol. The van der Waals surface area contributed by atoms with Crippen LogP contribution in [0.3, 0.4) is 0 Å². The third-order valence-corrected chi connectivity index (χ3v) is 3.49. The predicted octanol–water partition coefficient (Wildman–Crippen LogP) is 5.22. The fourth-order valence-corrected chi connectivity index (χ4v) is 2.32. The van der Waals surface area contributed by atoms with E-state index in [4.69, 9.17) is 0 Å². The highest BCUT2D eigenvalue weighted by molar-refractivity contribution is 6.12. The summed E-state index contributed by atoms with van der Waals surface area (Å²) in [6.45, 7) is 0. The van der Waals surface area contributed by atoms with Crippen molar-refractivity contribution in [2.24, 2.45) is 10.2 Å². The van der Waals surface area contributed by atoms with Gasteiger partial charge in [-0.15, -0.1) is 5.10 Å². The molecule has 0 heterocycles. The standard InChI is InChI=1S/C22H18N2/c1-4-11-19(12-5-1)13-10-18-23-24-22(20-14-6-2-7-15-20)21-16-8-3-9-17-21/h1-18H/b13-10+,23-18+. The van der Waals surface area contributed by atoms with Crippen molar-refractivity contribution in [2.45, 2.75) is 0 Å². The summed E-state index contributed by atoms with van der Waals surface area (Å²) in [7, 11) is 0. The number of benzene rings is 3. The molecule has 0 radical (unpaired) electrons. The van der Waals surface area contributed by atoms with Crippen molar-refractivity contribution in [1.82, 2.24) is 0 Å². The van der Waals surface area contributed by atoms with Crippen molar-refractivity contribution in [3.8, 4) is 0 Å². The number of allylic oxidation sites excluding steroid dienone is 1. The average Bonchev–Trinajstić information content (AvgIpc) is 2.67. The number of hydrogen-bond donors (Lipinski definition) is 0. The van der Waals surface area contributed by atoms with E-state index in [1.165, 1.54) is 0 Å². The molecule has 116 valence electrons. The zero-order chi connectivity index (χ0) is 16.5. The molecule has 0 aliphatic heterocycles. The topological polar surface area (TPSA) is 24.7 Å². The Balaban J connectivity index is 1.82. The molecule has 0 aliphatic carbocycles. The second-order valence-electron chi connectivity index (χ2n) is 5.21. The summed E-state index contributed by atoms with van der Waals surface area (Å²) in [5, 5.41) is 8.65. The van der Waals surface area contributed by atoms with Gasteiger partial charge in [0.25, 0.3) is 0 Å². The monoisotopic (exact) mass is 310 g/mol. The Labute approximate surface area is 142 Å². The van der Waals surface area contributed by atoms with Gasteiger partial charge in [0, 0.05) is 17.3 Å². The highest BCUT2D eigenvalue weighted by Crippen LogP contribution is 2.11. The van der Waals surface area contributed by atoms with Crippen LogP contribution >= 0.6 is 0 Å². The molecule has 2 heteroatoms. The fraction of sp³-hybridized carbons (Fsp3) is 0. The molecule has 24 heavy (non-hydrogen) atoms. The van der Waals surface area contributed by atoms with Gasteiger partial charge in [-0.1, -0.05) is 97.1 Å². The SMILES string of the molecule is C(=C\c1ccccc1)/C=N/N=C(c1ccccc1)c1ccccc1. The molecular formula is C22H18N2.